The van der Waals surface area contributed by atoms with Gasteiger partial charge in [-0.3, -0.25) is 0 Å². The van der Waals surface area contributed by atoms with Gasteiger partial charge in [0.2, 0.25) is 0 Å². The molecule has 0 aliphatic rings. The lowest BCUT2D eigenvalue weighted by Crippen LogP contribution is -2.00. The van der Waals surface area contributed by atoms with E-state index in [2.05, 4.69) is 16.6 Å². The molecule has 0 radical (unpaired) electrons. The highest BCUT2D eigenvalue weighted by Gasteiger charge is 2.08. The smallest absolute Gasteiger partial charge is 0.333 e. The molecule has 0 aromatic carbocycles. The summed E-state index contributed by atoms with van der Waals surface area (Å²) >= 11 is 0. The quantitative estimate of drug-likeness (QED) is 0.379. The Morgan fingerprint density at radius 2 is 2.19 bits per heavy atom. The van der Waals surface area contributed by atoms with Crippen molar-refractivity contribution in [1.82, 2.24) is 0 Å². The van der Waals surface area contributed by atoms with Crippen LogP contribution in [0.15, 0.2) is 16.1 Å². The lowest BCUT2D eigenvalue weighted by Gasteiger charge is -1.98. The zero-order chi connectivity index (χ0) is 15.7. The molecule has 0 spiro atoms. The highest BCUT2D eigenvalue weighted by molar-refractivity contribution is 5.92. The summed E-state index contributed by atoms with van der Waals surface area (Å²) in [7, 11) is 1.36. The van der Waals surface area contributed by atoms with Gasteiger partial charge in [-0.25, -0.2) is 4.79 Å². The van der Waals surface area contributed by atoms with Gasteiger partial charge in [-0.05, 0) is 44.4 Å². The van der Waals surface area contributed by atoms with E-state index in [0.29, 0.717) is 11.3 Å². The largest absolute Gasteiger partial charge is 0.466 e. The summed E-state index contributed by atoms with van der Waals surface area (Å²) in [6.45, 7) is 3.62. The number of esters is 1. The van der Waals surface area contributed by atoms with Gasteiger partial charge in [-0.2, -0.15) is 0 Å². The number of furan rings is 1. The van der Waals surface area contributed by atoms with Crippen LogP contribution in [0.4, 0.5) is 0 Å². The molecular weight excluding hydrogens is 268 g/mol. The van der Waals surface area contributed by atoms with Crippen molar-refractivity contribution in [3.63, 3.8) is 0 Å². The van der Waals surface area contributed by atoms with Gasteiger partial charge >= 0.3 is 5.97 Å². The average Bonchev–Trinajstić information content (AvgIpc) is 2.81. The number of hydrogen-bond acceptors (Lipinski definition) is 4. The number of aliphatic hydroxyl groups excluding tert-OH is 1. The molecule has 1 rings (SSSR count). The Hall–Kier alpha value is -1.99. The molecule has 21 heavy (non-hydrogen) atoms. The molecule has 1 aromatic rings. The predicted molar refractivity (Wildman–Crippen MR) is 81.5 cm³/mol. The SMILES string of the molecule is COC(=O)/C(C)=C\c1cc(C)c(CCCCC#CCO)o1. The molecule has 0 amide bonds. The Morgan fingerprint density at radius 1 is 1.43 bits per heavy atom. The molecule has 1 N–H and O–H groups in total. The van der Waals surface area contributed by atoms with E-state index >= 15 is 0 Å². The monoisotopic (exact) mass is 290 g/mol. The van der Waals surface area contributed by atoms with Gasteiger partial charge in [0.1, 0.15) is 18.1 Å². The zero-order valence-electron chi connectivity index (χ0n) is 12.9. The Kier molecular flexibility index (Phi) is 7.34. The molecule has 0 saturated heterocycles. The topological polar surface area (TPSA) is 59.7 Å². The third-order valence-electron chi connectivity index (χ3n) is 3.07. The summed E-state index contributed by atoms with van der Waals surface area (Å²) in [6, 6.07) is 1.92. The van der Waals surface area contributed by atoms with Gasteiger partial charge in [0, 0.05) is 18.4 Å². The maximum absolute atomic E-state index is 11.3. The second-order valence-corrected chi connectivity index (χ2v) is 4.79. The Morgan fingerprint density at radius 3 is 2.86 bits per heavy atom. The van der Waals surface area contributed by atoms with E-state index in [4.69, 9.17) is 9.52 Å². The van der Waals surface area contributed by atoms with Crippen LogP contribution in [0.5, 0.6) is 0 Å². The third kappa shape index (κ3) is 5.88. The first-order valence-corrected chi connectivity index (χ1v) is 7.01. The second-order valence-electron chi connectivity index (χ2n) is 4.79. The Bertz CT molecular complexity index is 555. The summed E-state index contributed by atoms with van der Waals surface area (Å²) in [5, 5.41) is 8.54. The second kappa shape index (κ2) is 9.04. The summed E-state index contributed by atoms with van der Waals surface area (Å²) in [5.74, 6) is 6.78. The number of hydrogen-bond donors (Lipinski definition) is 1. The standard InChI is InChI=1S/C17H22O4/c1-13-11-15(12-14(2)17(19)20-3)21-16(13)9-7-5-4-6-8-10-18/h11-12,18H,4-5,7,9-10H2,1-3H3/b14-12-. The number of carbonyl (C=O) groups is 1. The van der Waals surface area contributed by atoms with E-state index < -0.39 is 0 Å². The van der Waals surface area contributed by atoms with Crippen molar-refractivity contribution in [2.75, 3.05) is 13.7 Å². The number of rotatable bonds is 6. The number of aliphatic hydroxyl groups is 1. The van der Waals surface area contributed by atoms with E-state index in [1.54, 1.807) is 13.0 Å². The maximum Gasteiger partial charge on any atom is 0.333 e. The molecular formula is C17H22O4. The molecule has 0 unspecified atom stereocenters. The molecule has 0 aliphatic heterocycles. The van der Waals surface area contributed by atoms with Crippen LogP contribution in [-0.2, 0) is 16.0 Å². The Labute approximate surface area is 125 Å². The number of ether oxygens (including phenoxy) is 1. The van der Waals surface area contributed by atoms with Crippen LogP contribution >= 0.6 is 0 Å². The van der Waals surface area contributed by atoms with E-state index in [1.807, 2.05) is 13.0 Å². The fraction of sp³-hybridized carbons (Fsp3) is 0.471. The lowest BCUT2D eigenvalue weighted by molar-refractivity contribution is -0.135. The van der Waals surface area contributed by atoms with E-state index in [-0.39, 0.29) is 12.6 Å². The first-order valence-electron chi connectivity index (χ1n) is 7.01. The van der Waals surface area contributed by atoms with Crippen molar-refractivity contribution >= 4 is 12.0 Å². The fourth-order valence-electron chi connectivity index (χ4n) is 1.94. The summed E-state index contributed by atoms with van der Waals surface area (Å²) in [4.78, 5) is 11.3. The van der Waals surface area contributed by atoms with Crippen molar-refractivity contribution < 1.29 is 19.1 Å². The molecule has 0 bridgehead atoms. The highest BCUT2D eigenvalue weighted by atomic mass is 16.5. The molecule has 1 aromatic heterocycles. The van der Waals surface area contributed by atoms with Crippen LogP contribution in [0.2, 0.25) is 0 Å². The number of carbonyl (C=O) groups excluding carboxylic acids is 1. The summed E-state index contributed by atoms with van der Waals surface area (Å²) in [6.07, 6.45) is 5.27. The van der Waals surface area contributed by atoms with Gasteiger partial charge in [-0.15, -0.1) is 5.92 Å². The van der Waals surface area contributed by atoms with Crippen LogP contribution in [0.1, 0.15) is 43.3 Å². The molecule has 0 fully saturated rings. The molecule has 0 aliphatic carbocycles. The van der Waals surface area contributed by atoms with Gasteiger partial charge in [0.15, 0.2) is 0 Å². The van der Waals surface area contributed by atoms with Crippen molar-refractivity contribution in [3.8, 4) is 11.8 Å². The van der Waals surface area contributed by atoms with Crippen LogP contribution in [-0.4, -0.2) is 24.8 Å². The van der Waals surface area contributed by atoms with Crippen LogP contribution in [0.25, 0.3) is 6.08 Å². The average molecular weight is 290 g/mol. The fourth-order valence-corrected chi connectivity index (χ4v) is 1.94. The maximum atomic E-state index is 11.3. The molecule has 0 atom stereocenters. The summed E-state index contributed by atoms with van der Waals surface area (Å²) in [5.41, 5.74) is 1.59. The van der Waals surface area contributed by atoms with Crippen molar-refractivity contribution in [2.24, 2.45) is 0 Å². The molecule has 4 nitrogen and oxygen atoms in total. The number of methoxy groups -OCH3 is 1. The van der Waals surface area contributed by atoms with E-state index in [9.17, 15) is 4.79 Å². The molecule has 4 heteroatoms. The van der Waals surface area contributed by atoms with E-state index in [1.165, 1.54) is 7.11 Å². The first-order chi connectivity index (χ1) is 10.1. The van der Waals surface area contributed by atoms with Crippen molar-refractivity contribution in [2.45, 2.75) is 39.5 Å². The lowest BCUT2D eigenvalue weighted by atomic mass is 10.1. The minimum absolute atomic E-state index is 0.0769. The van der Waals surface area contributed by atoms with Crippen LogP contribution < -0.4 is 0 Å². The number of aryl methyl sites for hydroxylation is 2. The third-order valence-corrected chi connectivity index (χ3v) is 3.07. The zero-order valence-corrected chi connectivity index (χ0v) is 12.9. The van der Waals surface area contributed by atoms with Gasteiger partial charge in [-0.1, -0.05) is 5.92 Å². The minimum Gasteiger partial charge on any atom is -0.466 e. The molecule has 0 saturated carbocycles. The van der Waals surface area contributed by atoms with Gasteiger partial charge < -0.3 is 14.3 Å². The predicted octanol–water partition coefficient (Wildman–Crippen LogP) is 2.87. The van der Waals surface area contributed by atoms with Crippen LogP contribution in [0.3, 0.4) is 0 Å². The Balaban J connectivity index is 2.56. The van der Waals surface area contributed by atoms with Gasteiger partial charge in [0.25, 0.3) is 0 Å². The first kappa shape index (κ1) is 17.1. The minimum atomic E-state index is -0.354. The van der Waals surface area contributed by atoms with Crippen molar-refractivity contribution in [3.05, 3.63) is 28.7 Å². The molecule has 114 valence electrons. The van der Waals surface area contributed by atoms with Crippen LogP contribution in [0, 0.1) is 18.8 Å². The van der Waals surface area contributed by atoms with Crippen molar-refractivity contribution in [1.29, 1.82) is 0 Å². The summed E-state index contributed by atoms with van der Waals surface area (Å²) < 4.78 is 10.4. The normalized spacial score (nSPS) is 11.0. The highest BCUT2D eigenvalue weighted by Crippen LogP contribution is 2.19. The number of unbranched alkanes of at least 4 members (excludes halogenated alkanes) is 2. The van der Waals surface area contributed by atoms with E-state index in [0.717, 1.165) is 37.0 Å². The van der Waals surface area contributed by atoms with Gasteiger partial charge in [0.05, 0.1) is 7.11 Å². The molecule has 1 heterocycles.